The number of ether oxygens (including phenoxy) is 1. The zero-order valence-corrected chi connectivity index (χ0v) is 25.8. The molecule has 220 valence electrons. The molecule has 1 aliphatic rings. The molecule has 1 atom stereocenters. The fourth-order valence-corrected chi connectivity index (χ4v) is 6.94. The first-order valence-corrected chi connectivity index (χ1v) is 15.4. The number of thiazole rings is 1. The van der Waals surface area contributed by atoms with Crippen molar-refractivity contribution in [3.05, 3.63) is 93.9 Å². The van der Waals surface area contributed by atoms with Crippen LogP contribution >= 0.6 is 11.3 Å². The Morgan fingerprint density at radius 1 is 1.00 bits per heavy atom. The van der Waals surface area contributed by atoms with Crippen LogP contribution in [0.4, 0.5) is 5.13 Å². The van der Waals surface area contributed by atoms with E-state index in [4.69, 9.17) is 14.7 Å². The number of imidazole rings is 1. The Morgan fingerprint density at radius 2 is 1.77 bits per heavy atom. The molecule has 1 fully saturated rings. The second kappa shape index (κ2) is 11.3. The van der Waals surface area contributed by atoms with Crippen molar-refractivity contribution in [2.75, 3.05) is 11.5 Å². The molecule has 8 nitrogen and oxygen atoms in total. The van der Waals surface area contributed by atoms with Crippen molar-refractivity contribution in [2.24, 2.45) is 0 Å². The van der Waals surface area contributed by atoms with Gasteiger partial charge >= 0.3 is 5.91 Å². The maximum atomic E-state index is 13.8. The van der Waals surface area contributed by atoms with Gasteiger partial charge < -0.3 is 14.2 Å². The predicted molar refractivity (Wildman–Crippen MR) is 170 cm³/mol. The number of fused-ring (bicyclic) bond motifs is 2. The van der Waals surface area contributed by atoms with E-state index in [2.05, 4.69) is 6.92 Å². The van der Waals surface area contributed by atoms with Gasteiger partial charge in [0.15, 0.2) is 10.9 Å². The number of benzene rings is 2. The molecule has 1 aliphatic heterocycles. The number of aromatic nitrogens is 3. The molecule has 0 spiro atoms. The molecular weight excluding hydrogens is 560 g/mol. The Bertz CT molecular complexity index is 1920. The molecule has 9 heteroatoms. The highest BCUT2D eigenvalue weighted by Crippen LogP contribution is 2.45. The number of aryl methyl sites for hydroxylation is 4. The van der Waals surface area contributed by atoms with Crippen LogP contribution in [0, 0.1) is 27.7 Å². The summed E-state index contributed by atoms with van der Waals surface area (Å²) in [7, 11) is 0. The van der Waals surface area contributed by atoms with E-state index in [9.17, 15) is 14.7 Å². The first-order chi connectivity index (χ1) is 20.7. The molecule has 3 aromatic heterocycles. The number of carbonyl (C=O) groups excluding carboxylic acids is 2. The number of pyridine rings is 1. The number of amides is 1. The number of carbonyl (C=O) groups is 2. The normalized spacial score (nSPS) is 16.6. The zero-order chi connectivity index (χ0) is 30.4. The van der Waals surface area contributed by atoms with Gasteiger partial charge in [-0.25, -0.2) is 9.97 Å². The number of ketones is 1. The highest BCUT2D eigenvalue weighted by Gasteiger charge is 2.48. The van der Waals surface area contributed by atoms with E-state index in [1.54, 1.807) is 0 Å². The van der Waals surface area contributed by atoms with E-state index in [1.807, 2.05) is 86.8 Å². The highest BCUT2D eigenvalue weighted by molar-refractivity contribution is 7.22. The van der Waals surface area contributed by atoms with Crippen molar-refractivity contribution in [3.8, 4) is 5.75 Å². The van der Waals surface area contributed by atoms with Gasteiger partial charge in [0.05, 0.1) is 34.1 Å². The van der Waals surface area contributed by atoms with Gasteiger partial charge in [-0.3, -0.25) is 14.5 Å². The second-order valence-corrected chi connectivity index (χ2v) is 12.2. The molecule has 6 rings (SSSR count). The molecule has 2 aromatic carbocycles. The van der Waals surface area contributed by atoms with Gasteiger partial charge in [-0.1, -0.05) is 55.4 Å². The molecule has 0 radical (unpaired) electrons. The lowest BCUT2D eigenvalue weighted by Gasteiger charge is -2.23. The van der Waals surface area contributed by atoms with Crippen LogP contribution in [0.2, 0.25) is 0 Å². The standard InChI is InChI=1S/C34H34N4O4S/c1-6-7-8-16-42-24-13-11-23(12-14-24)29-26(30(39)28-22(5)37-15-9-10-20(3)32(37)35-28)31(40)33(41)38(29)34-36-27-21(4)17-19(2)18-25(27)43-34/h9-15,17-18,29,39H,6-8,16H2,1-5H3. The Hall–Kier alpha value is -4.50. The van der Waals surface area contributed by atoms with Gasteiger partial charge in [-0.05, 0) is 80.6 Å². The number of Topliss-reactive ketones (excluding diaryl/α,β-unsaturated/α-hetero) is 1. The van der Waals surface area contributed by atoms with Crippen LogP contribution < -0.4 is 9.64 Å². The number of hydrogen-bond donors (Lipinski definition) is 1. The topological polar surface area (TPSA) is 97.0 Å². The Kier molecular flexibility index (Phi) is 7.52. The fourth-order valence-electron chi connectivity index (χ4n) is 5.77. The lowest BCUT2D eigenvalue weighted by atomic mass is 9.96. The van der Waals surface area contributed by atoms with E-state index in [1.165, 1.54) is 16.2 Å². The SMILES string of the molecule is CCCCCOc1ccc(C2C(=C(O)c3nc4c(C)cccn4c3C)C(=O)C(=O)N2c2nc3c(C)cc(C)cc3s2)cc1. The third-order valence-corrected chi connectivity index (χ3v) is 8.99. The molecule has 1 N–H and O–H groups in total. The molecule has 0 aliphatic carbocycles. The first-order valence-electron chi connectivity index (χ1n) is 14.6. The highest BCUT2D eigenvalue weighted by atomic mass is 32.1. The van der Waals surface area contributed by atoms with E-state index in [-0.39, 0.29) is 17.0 Å². The van der Waals surface area contributed by atoms with E-state index < -0.39 is 17.7 Å². The lowest BCUT2D eigenvalue weighted by molar-refractivity contribution is -0.132. The lowest BCUT2D eigenvalue weighted by Crippen LogP contribution is -2.29. The molecule has 1 saturated heterocycles. The van der Waals surface area contributed by atoms with Crippen molar-refractivity contribution in [1.82, 2.24) is 14.4 Å². The summed E-state index contributed by atoms with van der Waals surface area (Å²) in [5.74, 6) is -1.12. The van der Waals surface area contributed by atoms with Gasteiger partial charge in [0.1, 0.15) is 17.1 Å². The van der Waals surface area contributed by atoms with Crippen molar-refractivity contribution in [3.63, 3.8) is 0 Å². The van der Waals surface area contributed by atoms with Gasteiger partial charge in [0, 0.05) is 6.20 Å². The quantitative estimate of drug-likeness (QED) is 0.0872. The minimum atomic E-state index is -0.901. The molecule has 5 aromatic rings. The minimum Gasteiger partial charge on any atom is -0.505 e. The zero-order valence-electron chi connectivity index (χ0n) is 25.0. The van der Waals surface area contributed by atoms with Crippen LogP contribution in [0.15, 0.2) is 60.3 Å². The number of hydrogen-bond acceptors (Lipinski definition) is 7. The van der Waals surface area contributed by atoms with E-state index in [0.717, 1.165) is 46.2 Å². The van der Waals surface area contributed by atoms with Crippen LogP contribution in [-0.2, 0) is 9.59 Å². The van der Waals surface area contributed by atoms with E-state index in [0.29, 0.717) is 34.4 Å². The average molecular weight is 595 g/mol. The maximum Gasteiger partial charge on any atom is 0.301 e. The van der Waals surface area contributed by atoms with Crippen molar-refractivity contribution < 1.29 is 19.4 Å². The number of aliphatic hydroxyl groups is 1. The van der Waals surface area contributed by atoms with E-state index >= 15 is 0 Å². The molecule has 0 saturated carbocycles. The largest absolute Gasteiger partial charge is 0.505 e. The number of rotatable bonds is 8. The van der Waals surface area contributed by atoms with Crippen LogP contribution in [0.25, 0.3) is 21.6 Å². The number of unbranched alkanes of at least 4 members (excludes halogenated alkanes) is 2. The number of aliphatic hydroxyl groups excluding tert-OH is 1. The summed E-state index contributed by atoms with van der Waals surface area (Å²) < 4.78 is 8.72. The van der Waals surface area contributed by atoms with Crippen LogP contribution in [-0.4, -0.2) is 37.8 Å². The summed E-state index contributed by atoms with van der Waals surface area (Å²) in [6, 6.07) is 14.4. The third kappa shape index (κ3) is 4.97. The number of nitrogens with zero attached hydrogens (tertiary/aromatic N) is 4. The summed E-state index contributed by atoms with van der Waals surface area (Å²) in [5, 5.41) is 12.2. The summed E-state index contributed by atoms with van der Waals surface area (Å²) in [6.45, 7) is 10.5. The first kappa shape index (κ1) is 28.6. The van der Waals surface area contributed by atoms with Crippen molar-refractivity contribution in [2.45, 2.75) is 59.9 Å². The molecule has 43 heavy (non-hydrogen) atoms. The van der Waals surface area contributed by atoms with Crippen molar-refractivity contribution in [1.29, 1.82) is 0 Å². The predicted octanol–water partition coefficient (Wildman–Crippen LogP) is 7.37. The Morgan fingerprint density at radius 3 is 2.49 bits per heavy atom. The molecule has 4 heterocycles. The molecule has 0 bridgehead atoms. The fraction of sp³-hybridized carbons (Fsp3) is 0.294. The number of anilines is 1. The molecule has 1 amide bonds. The maximum absolute atomic E-state index is 13.8. The van der Waals surface area contributed by atoms with Gasteiger partial charge in [-0.15, -0.1) is 0 Å². The van der Waals surface area contributed by atoms with Crippen molar-refractivity contribution >= 4 is 49.8 Å². The van der Waals surface area contributed by atoms with Gasteiger partial charge in [0.2, 0.25) is 0 Å². The van der Waals surface area contributed by atoms with Gasteiger partial charge in [0.25, 0.3) is 5.78 Å². The van der Waals surface area contributed by atoms with Gasteiger partial charge in [-0.2, -0.15) is 0 Å². The molecular formula is C34H34N4O4S. The summed E-state index contributed by atoms with van der Waals surface area (Å²) in [5.41, 5.74) is 6.05. The van der Waals surface area contributed by atoms with Crippen LogP contribution in [0.1, 0.15) is 65.9 Å². The minimum absolute atomic E-state index is 0.0158. The summed E-state index contributed by atoms with van der Waals surface area (Å²) in [4.78, 5) is 38.5. The Labute approximate surface area is 254 Å². The summed E-state index contributed by atoms with van der Waals surface area (Å²) >= 11 is 1.36. The van der Waals surface area contributed by atoms with Crippen LogP contribution in [0.5, 0.6) is 5.75 Å². The van der Waals surface area contributed by atoms with Crippen LogP contribution in [0.3, 0.4) is 0 Å². The Balaban J connectivity index is 1.51. The summed E-state index contributed by atoms with van der Waals surface area (Å²) in [6.07, 6.45) is 5.03. The second-order valence-electron chi connectivity index (χ2n) is 11.1. The third-order valence-electron chi connectivity index (χ3n) is 7.99. The average Bonchev–Trinajstić information content (AvgIpc) is 3.64. The smallest absolute Gasteiger partial charge is 0.301 e. The monoisotopic (exact) mass is 594 g/mol. The molecule has 1 unspecified atom stereocenters.